The van der Waals surface area contributed by atoms with Crippen molar-refractivity contribution in [1.29, 1.82) is 0 Å². The number of nitrogens with one attached hydrogen (secondary N) is 2. The molecule has 6 nitrogen and oxygen atoms in total. The summed E-state index contributed by atoms with van der Waals surface area (Å²) in [4.78, 5) is 26.9. The van der Waals surface area contributed by atoms with Crippen LogP contribution >= 0.6 is 11.3 Å². The van der Waals surface area contributed by atoms with E-state index in [-0.39, 0.29) is 11.3 Å². The zero-order chi connectivity index (χ0) is 16.2. The Morgan fingerprint density at radius 2 is 2.13 bits per heavy atom. The highest BCUT2D eigenvalue weighted by Gasteiger charge is 2.12. The molecule has 3 aromatic rings. The number of unbranched alkanes of at least 4 members (excludes halogenated alkanes) is 1. The van der Waals surface area contributed by atoms with Crippen molar-refractivity contribution in [3.8, 4) is 0 Å². The van der Waals surface area contributed by atoms with Gasteiger partial charge in [-0.1, -0.05) is 42.9 Å². The molecule has 0 saturated heterocycles. The first kappa shape index (κ1) is 15.4. The molecule has 0 radical (unpaired) electrons. The standard InChI is InChI=1S/C16H16N4O2S/c1-2-3-8-13-19-20-16(23-13)18-15(22)12-9-10-6-4-5-7-11(10)14(21)17-12/h4-7,9H,2-3,8H2,1H3,(H,17,21)(H,18,20,22). The van der Waals surface area contributed by atoms with E-state index in [1.807, 2.05) is 6.07 Å². The minimum Gasteiger partial charge on any atom is -0.317 e. The van der Waals surface area contributed by atoms with Crippen LogP contribution < -0.4 is 10.9 Å². The van der Waals surface area contributed by atoms with Gasteiger partial charge in [-0.3, -0.25) is 14.9 Å². The maximum atomic E-state index is 12.3. The molecule has 0 saturated carbocycles. The molecular weight excluding hydrogens is 312 g/mol. The lowest BCUT2D eigenvalue weighted by Crippen LogP contribution is -2.18. The van der Waals surface area contributed by atoms with Gasteiger partial charge in [-0.05, 0) is 23.9 Å². The molecule has 3 rings (SSSR count). The van der Waals surface area contributed by atoms with E-state index in [1.54, 1.807) is 24.3 Å². The van der Waals surface area contributed by atoms with Gasteiger partial charge in [0.25, 0.3) is 11.5 Å². The fourth-order valence-electron chi connectivity index (χ4n) is 2.23. The normalized spacial score (nSPS) is 10.8. The number of amides is 1. The number of H-pyrrole nitrogens is 1. The van der Waals surface area contributed by atoms with Crippen molar-refractivity contribution in [1.82, 2.24) is 15.2 Å². The number of fused-ring (bicyclic) bond motifs is 1. The summed E-state index contributed by atoms with van der Waals surface area (Å²) in [5.74, 6) is -0.397. The predicted octanol–water partition coefficient (Wildman–Crippen LogP) is 2.97. The van der Waals surface area contributed by atoms with Crippen LogP contribution in [0.5, 0.6) is 0 Å². The summed E-state index contributed by atoms with van der Waals surface area (Å²) in [5, 5.41) is 13.3. The highest BCUT2D eigenvalue weighted by atomic mass is 32.1. The minimum absolute atomic E-state index is 0.207. The Kier molecular flexibility index (Phi) is 4.47. The summed E-state index contributed by atoms with van der Waals surface area (Å²) in [6.07, 6.45) is 2.98. The molecule has 0 unspecified atom stereocenters. The highest BCUT2D eigenvalue weighted by molar-refractivity contribution is 7.15. The average Bonchev–Trinajstić information content (AvgIpc) is 3.00. The Morgan fingerprint density at radius 1 is 1.30 bits per heavy atom. The van der Waals surface area contributed by atoms with Gasteiger partial charge in [-0.15, -0.1) is 10.2 Å². The summed E-state index contributed by atoms with van der Waals surface area (Å²) in [6, 6.07) is 8.80. The van der Waals surface area contributed by atoms with E-state index in [1.165, 1.54) is 11.3 Å². The van der Waals surface area contributed by atoms with E-state index < -0.39 is 5.91 Å². The second kappa shape index (κ2) is 6.70. The molecule has 1 aromatic carbocycles. The second-order valence-corrected chi connectivity index (χ2v) is 6.22. The molecule has 23 heavy (non-hydrogen) atoms. The Balaban J connectivity index is 1.80. The lowest BCUT2D eigenvalue weighted by atomic mass is 10.1. The minimum atomic E-state index is -0.397. The van der Waals surface area contributed by atoms with Crippen LogP contribution in [0.15, 0.2) is 35.1 Å². The number of anilines is 1. The molecule has 0 atom stereocenters. The van der Waals surface area contributed by atoms with E-state index in [4.69, 9.17) is 0 Å². The monoisotopic (exact) mass is 328 g/mol. The van der Waals surface area contributed by atoms with Crippen LogP contribution in [-0.2, 0) is 6.42 Å². The molecule has 0 aliphatic heterocycles. The molecule has 7 heteroatoms. The Morgan fingerprint density at radius 3 is 2.96 bits per heavy atom. The number of nitrogens with zero attached hydrogens (tertiary/aromatic N) is 2. The molecule has 2 N–H and O–H groups in total. The van der Waals surface area contributed by atoms with Crippen LogP contribution in [0.4, 0.5) is 5.13 Å². The van der Waals surface area contributed by atoms with Gasteiger partial charge in [-0.2, -0.15) is 0 Å². The van der Waals surface area contributed by atoms with Crippen LogP contribution in [-0.4, -0.2) is 21.1 Å². The SMILES string of the molecule is CCCCc1nnc(NC(=O)c2cc3ccccc3c(=O)[nH]2)s1. The third kappa shape index (κ3) is 3.45. The van der Waals surface area contributed by atoms with Gasteiger partial charge < -0.3 is 4.98 Å². The van der Waals surface area contributed by atoms with Gasteiger partial charge in [-0.25, -0.2) is 0 Å². The molecule has 0 aliphatic carbocycles. The molecule has 1 amide bonds. The van der Waals surface area contributed by atoms with E-state index in [0.717, 1.165) is 29.7 Å². The number of carbonyl (C=O) groups is 1. The molecule has 2 heterocycles. The number of hydrogen-bond donors (Lipinski definition) is 2. The fraction of sp³-hybridized carbons (Fsp3) is 0.250. The Hall–Kier alpha value is -2.54. The lowest BCUT2D eigenvalue weighted by molar-refractivity contribution is 0.102. The predicted molar refractivity (Wildman–Crippen MR) is 91.0 cm³/mol. The highest BCUT2D eigenvalue weighted by Crippen LogP contribution is 2.18. The number of pyridine rings is 1. The third-order valence-electron chi connectivity index (χ3n) is 3.43. The van der Waals surface area contributed by atoms with E-state index in [0.29, 0.717) is 10.5 Å². The summed E-state index contributed by atoms with van der Waals surface area (Å²) in [5.41, 5.74) is -0.0758. The molecule has 2 aromatic heterocycles. The number of aromatic amines is 1. The number of carbonyl (C=O) groups excluding carboxylic acids is 1. The van der Waals surface area contributed by atoms with Gasteiger partial charge >= 0.3 is 0 Å². The first-order chi connectivity index (χ1) is 11.2. The molecule has 118 valence electrons. The molecule has 0 fully saturated rings. The first-order valence-electron chi connectivity index (χ1n) is 7.43. The van der Waals surface area contributed by atoms with Crippen LogP contribution in [0.1, 0.15) is 35.3 Å². The van der Waals surface area contributed by atoms with Crippen LogP contribution in [0.25, 0.3) is 10.8 Å². The number of aryl methyl sites for hydroxylation is 1. The Labute approximate surface area is 136 Å². The van der Waals surface area contributed by atoms with Crippen molar-refractivity contribution < 1.29 is 4.79 Å². The average molecular weight is 328 g/mol. The van der Waals surface area contributed by atoms with Gasteiger partial charge in [0.2, 0.25) is 5.13 Å². The van der Waals surface area contributed by atoms with Crippen molar-refractivity contribution >= 4 is 33.1 Å². The topological polar surface area (TPSA) is 87.7 Å². The van der Waals surface area contributed by atoms with E-state index in [9.17, 15) is 9.59 Å². The largest absolute Gasteiger partial charge is 0.317 e. The zero-order valence-electron chi connectivity index (χ0n) is 12.6. The quantitative estimate of drug-likeness (QED) is 0.753. The van der Waals surface area contributed by atoms with Crippen LogP contribution in [0.2, 0.25) is 0 Å². The summed E-state index contributed by atoms with van der Waals surface area (Å²) < 4.78 is 0. The van der Waals surface area contributed by atoms with E-state index in [2.05, 4.69) is 27.4 Å². The van der Waals surface area contributed by atoms with Crippen molar-refractivity contribution in [3.63, 3.8) is 0 Å². The van der Waals surface area contributed by atoms with Crippen LogP contribution in [0.3, 0.4) is 0 Å². The smallest absolute Gasteiger partial charge is 0.274 e. The van der Waals surface area contributed by atoms with Gasteiger partial charge in [0.15, 0.2) is 0 Å². The Bertz CT molecular complexity index is 900. The molecule has 0 bridgehead atoms. The number of benzene rings is 1. The number of aromatic nitrogens is 3. The fourth-order valence-corrected chi connectivity index (χ4v) is 3.01. The molecule has 0 aliphatic rings. The zero-order valence-corrected chi connectivity index (χ0v) is 13.4. The second-order valence-electron chi connectivity index (χ2n) is 5.16. The van der Waals surface area contributed by atoms with Crippen molar-refractivity contribution in [3.05, 3.63) is 51.4 Å². The third-order valence-corrected chi connectivity index (χ3v) is 4.33. The van der Waals surface area contributed by atoms with Crippen molar-refractivity contribution in [2.24, 2.45) is 0 Å². The van der Waals surface area contributed by atoms with Crippen LogP contribution in [0, 0.1) is 0 Å². The van der Waals surface area contributed by atoms with Crippen molar-refractivity contribution in [2.75, 3.05) is 5.32 Å². The van der Waals surface area contributed by atoms with Crippen molar-refractivity contribution in [2.45, 2.75) is 26.2 Å². The van der Waals surface area contributed by atoms with Gasteiger partial charge in [0.1, 0.15) is 10.7 Å². The lowest BCUT2D eigenvalue weighted by Gasteiger charge is -2.03. The number of rotatable bonds is 5. The summed E-state index contributed by atoms with van der Waals surface area (Å²) in [7, 11) is 0. The van der Waals surface area contributed by atoms with Gasteiger partial charge in [0.05, 0.1) is 0 Å². The van der Waals surface area contributed by atoms with Gasteiger partial charge in [0, 0.05) is 11.8 Å². The molecule has 0 spiro atoms. The molecular formula is C16H16N4O2S. The summed E-state index contributed by atoms with van der Waals surface area (Å²) in [6.45, 7) is 2.11. The van der Waals surface area contributed by atoms with E-state index >= 15 is 0 Å². The number of hydrogen-bond acceptors (Lipinski definition) is 5. The first-order valence-corrected chi connectivity index (χ1v) is 8.25. The maximum absolute atomic E-state index is 12.3. The maximum Gasteiger partial charge on any atom is 0.274 e. The summed E-state index contributed by atoms with van der Waals surface area (Å²) >= 11 is 1.36.